The zero-order valence-corrected chi connectivity index (χ0v) is 30.0. The molecular weight excluding hydrogens is 610 g/mol. The van der Waals surface area contributed by atoms with Gasteiger partial charge in [0.25, 0.3) is 0 Å². The minimum Gasteiger partial charge on any atom is -0.394 e. The number of hydrogen-bond acceptors (Lipinski definition) is 8. The highest BCUT2D eigenvalue weighted by atomic mass is 16.7. The van der Waals surface area contributed by atoms with Gasteiger partial charge in [-0.3, -0.25) is 4.79 Å². The minimum absolute atomic E-state index is 0.206. The van der Waals surface area contributed by atoms with Gasteiger partial charge in [0, 0.05) is 6.42 Å². The molecule has 6 N–H and O–H groups in total. The molecule has 0 spiro atoms. The van der Waals surface area contributed by atoms with Gasteiger partial charge in [-0.25, -0.2) is 0 Å². The van der Waals surface area contributed by atoms with Crippen LogP contribution in [-0.4, -0.2) is 87.5 Å². The zero-order valence-electron chi connectivity index (χ0n) is 30.0. The Labute approximate surface area is 291 Å². The highest BCUT2D eigenvalue weighted by Crippen LogP contribution is 2.22. The first kappa shape index (κ1) is 44.2. The summed E-state index contributed by atoms with van der Waals surface area (Å²) >= 11 is 0. The molecule has 0 saturated carbocycles. The van der Waals surface area contributed by atoms with Crippen LogP contribution in [0.15, 0.2) is 48.6 Å². The molecule has 0 aromatic rings. The molecule has 1 aliphatic heterocycles. The van der Waals surface area contributed by atoms with Gasteiger partial charge in [-0.15, -0.1) is 0 Å². The fourth-order valence-electron chi connectivity index (χ4n) is 5.54. The third-order valence-corrected chi connectivity index (χ3v) is 8.62. The normalized spacial score (nSPS) is 23.2. The average molecular weight is 680 g/mol. The van der Waals surface area contributed by atoms with Crippen molar-refractivity contribution in [3.05, 3.63) is 48.6 Å². The monoisotopic (exact) mass is 680 g/mol. The number of allylic oxidation sites excluding steroid dienone is 7. The Morgan fingerprint density at radius 3 is 1.85 bits per heavy atom. The number of carbonyl (C=O) groups excluding carboxylic acids is 1. The van der Waals surface area contributed by atoms with E-state index in [9.17, 15) is 30.3 Å². The Bertz CT molecular complexity index is 889. The minimum atomic E-state index is -1.57. The molecule has 48 heavy (non-hydrogen) atoms. The van der Waals surface area contributed by atoms with Crippen molar-refractivity contribution in [3.63, 3.8) is 0 Å². The van der Waals surface area contributed by atoms with Crippen LogP contribution in [0.25, 0.3) is 0 Å². The fraction of sp³-hybridized carbons (Fsp3) is 0.769. The van der Waals surface area contributed by atoms with Crippen LogP contribution in [0.5, 0.6) is 0 Å². The summed E-state index contributed by atoms with van der Waals surface area (Å²) in [4.78, 5) is 12.8. The number of aliphatic hydroxyl groups excluding tert-OH is 5. The number of carbonyl (C=O) groups is 1. The molecule has 9 heteroatoms. The van der Waals surface area contributed by atoms with Crippen LogP contribution in [-0.2, 0) is 14.3 Å². The van der Waals surface area contributed by atoms with E-state index in [1.165, 1.54) is 44.9 Å². The van der Waals surface area contributed by atoms with Gasteiger partial charge < -0.3 is 40.3 Å². The molecule has 1 fully saturated rings. The number of amides is 1. The van der Waals surface area contributed by atoms with Crippen molar-refractivity contribution < 1.29 is 39.8 Å². The summed E-state index contributed by atoms with van der Waals surface area (Å²) < 4.78 is 11.1. The van der Waals surface area contributed by atoms with Crippen LogP contribution in [0.3, 0.4) is 0 Å². The molecule has 1 rings (SSSR count). The summed E-state index contributed by atoms with van der Waals surface area (Å²) in [5, 5.41) is 53.7. The summed E-state index contributed by atoms with van der Waals surface area (Å²) in [6, 6.07) is -0.829. The lowest BCUT2D eigenvalue weighted by molar-refractivity contribution is -0.302. The first-order valence-corrected chi connectivity index (χ1v) is 18.9. The zero-order chi connectivity index (χ0) is 35.2. The van der Waals surface area contributed by atoms with Gasteiger partial charge in [-0.2, -0.15) is 0 Å². The molecule has 1 amide bonds. The molecule has 0 aromatic carbocycles. The van der Waals surface area contributed by atoms with Crippen LogP contribution >= 0.6 is 0 Å². The SMILES string of the molecule is CC/C=C/CC/C=C/CC/C=C/C(O)C(COC1OC(CO)C(O)C(O)C1O)NC(=O)CCCCCCC/C=C\CCCCCCCC. The average Bonchev–Trinajstić information content (AvgIpc) is 3.08. The van der Waals surface area contributed by atoms with Crippen molar-refractivity contribution in [2.75, 3.05) is 13.2 Å². The summed E-state index contributed by atoms with van der Waals surface area (Å²) in [7, 11) is 0. The summed E-state index contributed by atoms with van der Waals surface area (Å²) in [5.74, 6) is -0.206. The van der Waals surface area contributed by atoms with Crippen LogP contribution < -0.4 is 5.32 Å². The van der Waals surface area contributed by atoms with E-state index in [1.807, 2.05) is 6.08 Å². The summed E-state index contributed by atoms with van der Waals surface area (Å²) in [6.07, 6.45) is 28.8. The van der Waals surface area contributed by atoms with Crippen molar-refractivity contribution in [3.8, 4) is 0 Å². The third kappa shape index (κ3) is 21.3. The van der Waals surface area contributed by atoms with E-state index < -0.39 is 49.5 Å². The highest BCUT2D eigenvalue weighted by molar-refractivity contribution is 5.76. The first-order valence-electron chi connectivity index (χ1n) is 18.9. The lowest BCUT2D eigenvalue weighted by Crippen LogP contribution is -2.60. The number of hydrogen-bond donors (Lipinski definition) is 6. The molecule has 1 saturated heterocycles. The van der Waals surface area contributed by atoms with E-state index >= 15 is 0 Å². The summed E-state index contributed by atoms with van der Waals surface area (Å²) in [6.45, 7) is 3.58. The van der Waals surface area contributed by atoms with E-state index in [2.05, 4.69) is 55.6 Å². The predicted molar refractivity (Wildman–Crippen MR) is 193 cm³/mol. The number of rotatable bonds is 29. The van der Waals surface area contributed by atoms with E-state index in [0.29, 0.717) is 6.42 Å². The second kappa shape index (κ2) is 30.0. The highest BCUT2D eigenvalue weighted by Gasteiger charge is 2.44. The lowest BCUT2D eigenvalue weighted by Gasteiger charge is -2.40. The molecule has 0 bridgehead atoms. The molecule has 0 aliphatic carbocycles. The van der Waals surface area contributed by atoms with E-state index in [-0.39, 0.29) is 12.5 Å². The molecule has 0 radical (unpaired) electrons. The summed E-state index contributed by atoms with van der Waals surface area (Å²) in [5.41, 5.74) is 0. The van der Waals surface area contributed by atoms with Crippen molar-refractivity contribution in [1.29, 1.82) is 0 Å². The number of nitrogens with one attached hydrogen (secondary N) is 1. The lowest BCUT2D eigenvalue weighted by atomic mass is 9.99. The van der Waals surface area contributed by atoms with Crippen LogP contribution in [0.4, 0.5) is 0 Å². The van der Waals surface area contributed by atoms with Crippen LogP contribution in [0.2, 0.25) is 0 Å². The second-order valence-corrected chi connectivity index (χ2v) is 13.0. The maximum absolute atomic E-state index is 12.8. The first-order chi connectivity index (χ1) is 23.3. The number of ether oxygens (including phenoxy) is 2. The smallest absolute Gasteiger partial charge is 0.220 e. The molecule has 9 nitrogen and oxygen atoms in total. The molecule has 278 valence electrons. The second-order valence-electron chi connectivity index (χ2n) is 13.0. The van der Waals surface area contributed by atoms with Crippen molar-refractivity contribution in [2.45, 2.75) is 179 Å². The standard InChI is InChI=1S/C39H69NO8/c1-3-5-7-9-11-13-15-16-17-18-19-21-23-25-27-29-35(43)40-32(31-47-39-38(46)37(45)36(44)34(30-41)48-39)33(42)28-26-24-22-20-14-12-10-8-6-4-2/h6,8,14,16-17,20,26,28,32-34,36-39,41-42,44-46H,3-5,7,9-13,15,18-19,21-25,27,29-31H2,1-2H3,(H,40,43)/b8-6+,17-16-,20-14+,28-26+. The Morgan fingerprint density at radius 1 is 0.708 bits per heavy atom. The van der Waals surface area contributed by atoms with E-state index in [1.54, 1.807) is 6.08 Å². The number of aliphatic hydroxyl groups is 5. The molecular formula is C39H69NO8. The third-order valence-electron chi connectivity index (χ3n) is 8.62. The van der Waals surface area contributed by atoms with Crippen molar-refractivity contribution >= 4 is 5.91 Å². The van der Waals surface area contributed by atoms with Crippen LogP contribution in [0, 0.1) is 0 Å². The van der Waals surface area contributed by atoms with Crippen molar-refractivity contribution in [1.82, 2.24) is 5.32 Å². The molecule has 1 aliphatic rings. The van der Waals surface area contributed by atoms with Gasteiger partial charge in [0.2, 0.25) is 5.91 Å². The Balaban J connectivity index is 2.48. The Hall–Kier alpha value is -1.85. The van der Waals surface area contributed by atoms with E-state index in [0.717, 1.165) is 70.6 Å². The topological polar surface area (TPSA) is 149 Å². The van der Waals surface area contributed by atoms with Gasteiger partial charge in [0.05, 0.1) is 25.4 Å². The molecule has 1 heterocycles. The van der Waals surface area contributed by atoms with Crippen LogP contribution in [0.1, 0.15) is 136 Å². The predicted octanol–water partition coefficient (Wildman–Crippen LogP) is 6.33. The van der Waals surface area contributed by atoms with Crippen molar-refractivity contribution in [2.24, 2.45) is 0 Å². The Morgan fingerprint density at radius 2 is 1.25 bits per heavy atom. The fourth-order valence-corrected chi connectivity index (χ4v) is 5.54. The van der Waals surface area contributed by atoms with Gasteiger partial charge in [0.15, 0.2) is 6.29 Å². The van der Waals surface area contributed by atoms with E-state index in [4.69, 9.17) is 9.47 Å². The molecule has 7 unspecified atom stereocenters. The van der Waals surface area contributed by atoms with Gasteiger partial charge in [0.1, 0.15) is 24.4 Å². The number of unbranched alkanes of at least 4 members (excludes halogenated alkanes) is 13. The molecule has 7 atom stereocenters. The maximum Gasteiger partial charge on any atom is 0.220 e. The van der Waals surface area contributed by atoms with Gasteiger partial charge in [-0.1, -0.05) is 114 Å². The maximum atomic E-state index is 12.8. The quantitative estimate of drug-likeness (QED) is 0.0397. The van der Waals surface area contributed by atoms with Gasteiger partial charge in [-0.05, 0) is 64.2 Å². The van der Waals surface area contributed by atoms with Gasteiger partial charge >= 0.3 is 0 Å². The molecule has 0 aromatic heterocycles. The largest absolute Gasteiger partial charge is 0.394 e. The Kier molecular flexibility index (Phi) is 27.6.